The van der Waals surface area contributed by atoms with Gasteiger partial charge in [0.15, 0.2) is 0 Å². The highest BCUT2D eigenvalue weighted by atomic mass is 35.5. The molecule has 0 saturated carbocycles. The fourth-order valence-corrected chi connectivity index (χ4v) is 2.00. The summed E-state index contributed by atoms with van der Waals surface area (Å²) in [6.45, 7) is 5.29. The predicted octanol–water partition coefficient (Wildman–Crippen LogP) is 5.02. The van der Waals surface area contributed by atoms with Crippen molar-refractivity contribution < 1.29 is 4.74 Å². The highest BCUT2D eigenvalue weighted by molar-refractivity contribution is 6.17. The second kappa shape index (κ2) is 8.41. The van der Waals surface area contributed by atoms with Gasteiger partial charge in [-0.1, -0.05) is 45.2 Å². The molecule has 0 aromatic heterocycles. The van der Waals surface area contributed by atoms with Gasteiger partial charge in [-0.05, 0) is 30.0 Å². The van der Waals surface area contributed by atoms with Crippen molar-refractivity contribution in [1.29, 1.82) is 0 Å². The SMILES string of the molecule is CCCCC(CC)COc1cccc(CCl)c1. The van der Waals surface area contributed by atoms with Gasteiger partial charge in [0.05, 0.1) is 6.61 Å². The normalized spacial score (nSPS) is 12.4. The van der Waals surface area contributed by atoms with Gasteiger partial charge in [-0.3, -0.25) is 0 Å². The van der Waals surface area contributed by atoms with Crippen LogP contribution in [0.4, 0.5) is 0 Å². The van der Waals surface area contributed by atoms with Crippen LogP contribution in [0, 0.1) is 5.92 Å². The lowest BCUT2D eigenvalue weighted by Gasteiger charge is -2.15. The van der Waals surface area contributed by atoms with Crippen LogP contribution in [0.2, 0.25) is 0 Å². The number of benzene rings is 1. The first-order valence-electron chi connectivity index (χ1n) is 6.57. The molecular weight excluding hydrogens is 232 g/mol. The molecule has 0 spiro atoms. The summed E-state index contributed by atoms with van der Waals surface area (Å²) >= 11 is 5.80. The maximum Gasteiger partial charge on any atom is 0.119 e. The van der Waals surface area contributed by atoms with Crippen molar-refractivity contribution in [2.24, 2.45) is 5.92 Å². The van der Waals surface area contributed by atoms with Crippen LogP contribution in [-0.2, 0) is 5.88 Å². The second-order valence-electron chi connectivity index (χ2n) is 4.51. The zero-order valence-corrected chi connectivity index (χ0v) is 11.7. The minimum atomic E-state index is 0.546. The van der Waals surface area contributed by atoms with E-state index in [-0.39, 0.29) is 0 Å². The molecule has 17 heavy (non-hydrogen) atoms. The van der Waals surface area contributed by atoms with E-state index in [2.05, 4.69) is 13.8 Å². The average molecular weight is 255 g/mol. The van der Waals surface area contributed by atoms with Gasteiger partial charge in [0.25, 0.3) is 0 Å². The highest BCUT2D eigenvalue weighted by Gasteiger charge is 2.06. The van der Waals surface area contributed by atoms with Crippen LogP contribution >= 0.6 is 11.6 Å². The van der Waals surface area contributed by atoms with E-state index in [9.17, 15) is 0 Å². The van der Waals surface area contributed by atoms with Crippen LogP contribution in [0.1, 0.15) is 45.1 Å². The summed E-state index contributed by atoms with van der Waals surface area (Å²) in [5, 5.41) is 0. The van der Waals surface area contributed by atoms with Crippen LogP contribution in [0.5, 0.6) is 5.75 Å². The molecule has 2 heteroatoms. The fraction of sp³-hybridized carbons (Fsp3) is 0.600. The average Bonchev–Trinajstić information content (AvgIpc) is 2.39. The summed E-state index contributed by atoms with van der Waals surface area (Å²) in [7, 11) is 0. The first-order valence-corrected chi connectivity index (χ1v) is 7.11. The van der Waals surface area contributed by atoms with Gasteiger partial charge in [-0.25, -0.2) is 0 Å². The van der Waals surface area contributed by atoms with Crippen molar-refractivity contribution in [3.8, 4) is 5.75 Å². The first kappa shape index (κ1) is 14.4. The summed E-state index contributed by atoms with van der Waals surface area (Å²) in [5.41, 5.74) is 1.12. The molecule has 0 aliphatic rings. The second-order valence-corrected chi connectivity index (χ2v) is 4.78. The molecule has 1 rings (SSSR count). The number of unbranched alkanes of at least 4 members (excludes halogenated alkanes) is 1. The van der Waals surface area contributed by atoms with Crippen molar-refractivity contribution in [2.75, 3.05) is 6.61 Å². The lowest BCUT2D eigenvalue weighted by Crippen LogP contribution is -2.11. The maximum atomic E-state index is 5.84. The number of halogens is 1. The molecule has 96 valence electrons. The van der Waals surface area contributed by atoms with Gasteiger partial charge in [-0.2, -0.15) is 0 Å². The molecule has 0 radical (unpaired) electrons. The summed E-state index contributed by atoms with van der Waals surface area (Å²) in [4.78, 5) is 0. The Balaban J connectivity index is 2.41. The van der Waals surface area contributed by atoms with Gasteiger partial charge < -0.3 is 4.74 Å². The third kappa shape index (κ3) is 5.45. The Morgan fingerprint density at radius 2 is 2.12 bits per heavy atom. The van der Waals surface area contributed by atoms with Crippen LogP contribution in [0.3, 0.4) is 0 Å². The molecule has 1 aromatic rings. The number of rotatable bonds is 8. The number of hydrogen-bond donors (Lipinski definition) is 0. The van der Waals surface area contributed by atoms with Crippen molar-refractivity contribution in [2.45, 2.75) is 45.4 Å². The van der Waals surface area contributed by atoms with E-state index in [1.165, 1.54) is 25.7 Å². The lowest BCUT2D eigenvalue weighted by atomic mass is 10.0. The molecule has 0 heterocycles. The quantitative estimate of drug-likeness (QED) is 0.592. The largest absolute Gasteiger partial charge is 0.493 e. The van der Waals surface area contributed by atoms with E-state index in [0.717, 1.165) is 17.9 Å². The Bertz CT molecular complexity index is 312. The Kier molecular flexibility index (Phi) is 7.11. The maximum absolute atomic E-state index is 5.84. The highest BCUT2D eigenvalue weighted by Crippen LogP contribution is 2.18. The standard InChI is InChI=1S/C15H23ClO/c1-3-5-7-13(4-2)12-17-15-9-6-8-14(10-15)11-16/h6,8-10,13H,3-5,7,11-12H2,1-2H3. The van der Waals surface area contributed by atoms with Crippen molar-refractivity contribution >= 4 is 11.6 Å². The molecule has 0 saturated heterocycles. The van der Waals surface area contributed by atoms with Gasteiger partial charge in [-0.15, -0.1) is 11.6 Å². The summed E-state index contributed by atoms with van der Waals surface area (Å²) in [6.07, 6.45) is 5.01. The molecule has 1 atom stereocenters. The van der Waals surface area contributed by atoms with E-state index < -0.39 is 0 Å². The van der Waals surface area contributed by atoms with E-state index in [0.29, 0.717) is 11.8 Å². The Hall–Kier alpha value is -0.690. The molecule has 0 fully saturated rings. The predicted molar refractivity (Wildman–Crippen MR) is 74.8 cm³/mol. The summed E-state index contributed by atoms with van der Waals surface area (Å²) < 4.78 is 5.84. The third-order valence-corrected chi connectivity index (χ3v) is 3.39. The monoisotopic (exact) mass is 254 g/mol. The minimum absolute atomic E-state index is 0.546. The molecule has 1 aromatic carbocycles. The van der Waals surface area contributed by atoms with E-state index in [1.54, 1.807) is 0 Å². The molecule has 0 aliphatic carbocycles. The molecular formula is C15H23ClO. The molecule has 0 N–H and O–H groups in total. The molecule has 1 nitrogen and oxygen atoms in total. The van der Waals surface area contributed by atoms with E-state index in [4.69, 9.17) is 16.3 Å². The number of ether oxygens (including phenoxy) is 1. The van der Waals surface area contributed by atoms with Gasteiger partial charge in [0, 0.05) is 5.88 Å². The molecule has 0 bridgehead atoms. The van der Waals surface area contributed by atoms with Gasteiger partial charge in [0.2, 0.25) is 0 Å². The molecule has 0 aliphatic heterocycles. The fourth-order valence-electron chi connectivity index (χ4n) is 1.83. The first-order chi connectivity index (χ1) is 8.30. The zero-order valence-electron chi connectivity index (χ0n) is 10.9. The Morgan fingerprint density at radius 1 is 1.29 bits per heavy atom. The number of alkyl halides is 1. The van der Waals surface area contributed by atoms with Gasteiger partial charge >= 0.3 is 0 Å². The van der Waals surface area contributed by atoms with E-state index >= 15 is 0 Å². The zero-order chi connectivity index (χ0) is 12.5. The lowest BCUT2D eigenvalue weighted by molar-refractivity contribution is 0.233. The summed E-state index contributed by atoms with van der Waals surface area (Å²) in [5.74, 6) is 2.16. The van der Waals surface area contributed by atoms with Crippen molar-refractivity contribution in [1.82, 2.24) is 0 Å². The Labute approximate surface area is 110 Å². The van der Waals surface area contributed by atoms with Crippen LogP contribution < -0.4 is 4.74 Å². The summed E-state index contributed by atoms with van der Waals surface area (Å²) in [6, 6.07) is 8.05. The topological polar surface area (TPSA) is 9.23 Å². The smallest absolute Gasteiger partial charge is 0.119 e. The number of hydrogen-bond acceptors (Lipinski definition) is 1. The van der Waals surface area contributed by atoms with Crippen LogP contribution in [-0.4, -0.2) is 6.61 Å². The third-order valence-electron chi connectivity index (χ3n) is 3.08. The minimum Gasteiger partial charge on any atom is -0.493 e. The Morgan fingerprint density at radius 3 is 2.76 bits per heavy atom. The van der Waals surface area contributed by atoms with Gasteiger partial charge in [0.1, 0.15) is 5.75 Å². The molecule has 1 unspecified atom stereocenters. The van der Waals surface area contributed by atoms with E-state index in [1.807, 2.05) is 24.3 Å². The van der Waals surface area contributed by atoms with Crippen LogP contribution in [0.15, 0.2) is 24.3 Å². The van der Waals surface area contributed by atoms with Crippen molar-refractivity contribution in [3.05, 3.63) is 29.8 Å². The van der Waals surface area contributed by atoms with Crippen molar-refractivity contribution in [3.63, 3.8) is 0 Å². The molecule has 0 amide bonds. The van der Waals surface area contributed by atoms with Crippen LogP contribution in [0.25, 0.3) is 0 Å².